The number of nitrogens with one attached hydrogen (secondary N) is 2. The molecule has 1 aliphatic heterocycles. The molecule has 0 aromatic rings. The van der Waals surface area contributed by atoms with Gasteiger partial charge in [-0.2, -0.15) is 0 Å². The summed E-state index contributed by atoms with van der Waals surface area (Å²) in [5.74, 6) is 0. The van der Waals surface area contributed by atoms with Gasteiger partial charge in [-0.1, -0.05) is 0 Å². The van der Waals surface area contributed by atoms with Crippen molar-refractivity contribution in [1.82, 2.24) is 15.5 Å². The van der Waals surface area contributed by atoms with Crippen molar-refractivity contribution in [3.8, 4) is 0 Å². The van der Waals surface area contributed by atoms with Crippen molar-refractivity contribution in [2.24, 2.45) is 5.73 Å². The third kappa shape index (κ3) is 3.68. The highest BCUT2D eigenvalue weighted by atomic mass is 16.2. The van der Waals surface area contributed by atoms with Gasteiger partial charge in [0.2, 0.25) is 0 Å². The Labute approximate surface area is 91.4 Å². The molecule has 0 spiro atoms. The van der Waals surface area contributed by atoms with E-state index in [4.69, 9.17) is 5.73 Å². The number of carbonyl (C=O) groups is 1. The highest BCUT2D eigenvalue weighted by Gasteiger charge is 2.27. The van der Waals surface area contributed by atoms with Gasteiger partial charge in [0, 0.05) is 31.7 Å². The molecule has 88 valence electrons. The molecule has 5 nitrogen and oxygen atoms in total. The first-order valence-corrected chi connectivity index (χ1v) is 5.43. The van der Waals surface area contributed by atoms with Gasteiger partial charge in [0.05, 0.1) is 6.04 Å². The molecule has 0 radical (unpaired) electrons. The van der Waals surface area contributed by atoms with E-state index in [0.29, 0.717) is 6.54 Å². The maximum Gasteiger partial charge on any atom is 0.318 e. The van der Waals surface area contributed by atoms with Crippen LogP contribution in [0.3, 0.4) is 0 Å². The molecular weight excluding hydrogens is 192 g/mol. The van der Waals surface area contributed by atoms with E-state index >= 15 is 0 Å². The number of urea groups is 1. The number of hydrogen-bond acceptors (Lipinski definition) is 3. The fourth-order valence-electron chi connectivity index (χ4n) is 1.63. The topological polar surface area (TPSA) is 70.4 Å². The normalized spacial score (nSPS) is 22.7. The molecule has 4 N–H and O–H groups in total. The number of nitrogens with two attached hydrogens (primary N) is 1. The van der Waals surface area contributed by atoms with Gasteiger partial charge in [0.1, 0.15) is 0 Å². The largest absolute Gasteiger partial charge is 0.333 e. The van der Waals surface area contributed by atoms with Crippen molar-refractivity contribution >= 4 is 6.03 Å². The second-order valence-corrected chi connectivity index (χ2v) is 4.97. The van der Waals surface area contributed by atoms with Crippen LogP contribution >= 0.6 is 0 Å². The van der Waals surface area contributed by atoms with E-state index in [1.807, 2.05) is 25.7 Å². The Balaban J connectivity index is 2.56. The number of piperazine rings is 1. The quantitative estimate of drug-likeness (QED) is 0.562. The Morgan fingerprint density at radius 2 is 2.27 bits per heavy atom. The van der Waals surface area contributed by atoms with E-state index < -0.39 is 0 Å². The molecule has 1 unspecified atom stereocenters. The third-order valence-corrected chi connectivity index (χ3v) is 2.37. The van der Waals surface area contributed by atoms with Crippen LogP contribution in [-0.2, 0) is 0 Å². The lowest BCUT2D eigenvalue weighted by molar-refractivity contribution is 0.153. The second kappa shape index (κ2) is 4.81. The van der Waals surface area contributed by atoms with Crippen molar-refractivity contribution in [3.63, 3.8) is 0 Å². The Kier molecular flexibility index (Phi) is 3.93. The molecule has 0 saturated carbocycles. The van der Waals surface area contributed by atoms with Gasteiger partial charge in [-0.05, 0) is 20.8 Å². The molecule has 1 heterocycles. The summed E-state index contributed by atoms with van der Waals surface area (Å²) in [5, 5.41) is 6.19. The Morgan fingerprint density at radius 1 is 1.60 bits per heavy atom. The monoisotopic (exact) mass is 214 g/mol. The van der Waals surface area contributed by atoms with Crippen molar-refractivity contribution in [2.45, 2.75) is 32.4 Å². The van der Waals surface area contributed by atoms with Crippen molar-refractivity contribution < 1.29 is 4.79 Å². The van der Waals surface area contributed by atoms with Crippen molar-refractivity contribution in [2.75, 3.05) is 26.2 Å². The average Bonchev–Trinajstić information content (AvgIpc) is 2.15. The van der Waals surface area contributed by atoms with Gasteiger partial charge >= 0.3 is 6.03 Å². The molecule has 0 aliphatic carbocycles. The number of hydrogen-bond donors (Lipinski definition) is 3. The van der Waals surface area contributed by atoms with E-state index in [1.165, 1.54) is 0 Å². The summed E-state index contributed by atoms with van der Waals surface area (Å²) in [6.45, 7) is 8.79. The number of carbonyl (C=O) groups excluding carboxylic acids is 1. The van der Waals surface area contributed by atoms with E-state index in [1.54, 1.807) is 0 Å². The summed E-state index contributed by atoms with van der Waals surface area (Å²) < 4.78 is 0. The van der Waals surface area contributed by atoms with Crippen LogP contribution in [0.15, 0.2) is 0 Å². The van der Waals surface area contributed by atoms with E-state index in [9.17, 15) is 4.79 Å². The summed E-state index contributed by atoms with van der Waals surface area (Å²) in [6, 6.07) is 0.0977. The molecule has 1 saturated heterocycles. The van der Waals surface area contributed by atoms with Gasteiger partial charge in [-0.15, -0.1) is 0 Å². The van der Waals surface area contributed by atoms with Gasteiger partial charge < -0.3 is 21.3 Å². The maximum absolute atomic E-state index is 11.9. The molecule has 1 atom stereocenters. The highest BCUT2D eigenvalue weighted by molar-refractivity contribution is 5.75. The maximum atomic E-state index is 11.9. The van der Waals surface area contributed by atoms with Crippen LogP contribution in [-0.4, -0.2) is 48.7 Å². The van der Waals surface area contributed by atoms with Crippen LogP contribution in [0.25, 0.3) is 0 Å². The summed E-state index contributed by atoms with van der Waals surface area (Å²) in [7, 11) is 0. The SMILES string of the molecule is CC(C)(C)NC(=O)N1CCNCC1CN. The van der Waals surface area contributed by atoms with E-state index in [2.05, 4.69) is 10.6 Å². The van der Waals surface area contributed by atoms with E-state index in [0.717, 1.165) is 19.6 Å². The van der Waals surface area contributed by atoms with Crippen LogP contribution in [0.4, 0.5) is 4.79 Å². The molecule has 1 aliphatic rings. The Bertz CT molecular complexity index is 224. The first kappa shape index (κ1) is 12.3. The minimum atomic E-state index is -0.193. The van der Waals surface area contributed by atoms with Crippen LogP contribution in [0.2, 0.25) is 0 Å². The van der Waals surface area contributed by atoms with Gasteiger partial charge in [0.25, 0.3) is 0 Å². The summed E-state index contributed by atoms with van der Waals surface area (Å²) in [4.78, 5) is 13.7. The van der Waals surface area contributed by atoms with Crippen LogP contribution in [0.1, 0.15) is 20.8 Å². The summed E-state index contributed by atoms with van der Waals surface area (Å²) in [5.41, 5.74) is 5.44. The van der Waals surface area contributed by atoms with Crippen molar-refractivity contribution in [1.29, 1.82) is 0 Å². The van der Waals surface area contributed by atoms with Crippen LogP contribution < -0.4 is 16.4 Å². The molecule has 0 aromatic heterocycles. The first-order chi connectivity index (χ1) is 6.94. The minimum Gasteiger partial charge on any atom is -0.333 e. The smallest absolute Gasteiger partial charge is 0.318 e. The fourth-order valence-corrected chi connectivity index (χ4v) is 1.63. The zero-order valence-corrected chi connectivity index (χ0v) is 9.84. The second-order valence-electron chi connectivity index (χ2n) is 4.97. The average molecular weight is 214 g/mol. The molecule has 0 aromatic carbocycles. The zero-order valence-electron chi connectivity index (χ0n) is 9.84. The zero-order chi connectivity index (χ0) is 11.5. The molecule has 0 bridgehead atoms. The minimum absolute atomic E-state index is 0.0144. The van der Waals surface area contributed by atoms with Gasteiger partial charge in [-0.25, -0.2) is 4.79 Å². The predicted molar refractivity (Wildman–Crippen MR) is 60.7 cm³/mol. The number of nitrogens with zero attached hydrogens (tertiary/aromatic N) is 1. The number of rotatable bonds is 1. The predicted octanol–water partition coefficient (Wildman–Crippen LogP) is -0.273. The van der Waals surface area contributed by atoms with Gasteiger partial charge in [-0.3, -0.25) is 0 Å². The lowest BCUT2D eigenvalue weighted by Crippen LogP contribution is -2.60. The summed E-state index contributed by atoms with van der Waals surface area (Å²) >= 11 is 0. The van der Waals surface area contributed by atoms with Crippen molar-refractivity contribution in [3.05, 3.63) is 0 Å². The molecular formula is C10H22N4O. The first-order valence-electron chi connectivity index (χ1n) is 5.43. The van der Waals surface area contributed by atoms with Crippen LogP contribution in [0.5, 0.6) is 0 Å². The van der Waals surface area contributed by atoms with Gasteiger partial charge in [0.15, 0.2) is 0 Å². The Morgan fingerprint density at radius 3 is 2.80 bits per heavy atom. The molecule has 5 heteroatoms. The number of amides is 2. The molecule has 2 amide bonds. The van der Waals surface area contributed by atoms with Crippen LogP contribution in [0, 0.1) is 0 Å². The molecule has 1 rings (SSSR count). The molecule has 15 heavy (non-hydrogen) atoms. The lowest BCUT2D eigenvalue weighted by atomic mass is 10.1. The Hall–Kier alpha value is -0.810. The van der Waals surface area contributed by atoms with E-state index in [-0.39, 0.29) is 17.6 Å². The third-order valence-electron chi connectivity index (χ3n) is 2.37. The fraction of sp³-hybridized carbons (Fsp3) is 0.900. The molecule has 1 fully saturated rings. The standard InChI is InChI=1S/C10H22N4O/c1-10(2,3)13-9(15)14-5-4-12-7-8(14)6-11/h8,12H,4-7,11H2,1-3H3,(H,13,15). The highest BCUT2D eigenvalue weighted by Crippen LogP contribution is 2.06. The summed E-state index contributed by atoms with van der Waals surface area (Å²) in [6.07, 6.45) is 0. The lowest BCUT2D eigenvalue weighted by Gasteiger charge is -2.37.